The lowest BCUT2D eigenvalue weighted by atomic mass is 10.2. The van der Waals surface area contributed by atoms with Crippen molar-refractivity contribution in [2.75, 3.05) is 26.0 Å². The van der Waals surface area contributed by atoms with Crippen LogP contribution in [0.5, 0.6) is 0 Å². The predicted octanol–water partition coefficient (Wildman–Crippen LogP) is 2.22. The number of rotatable bonds is 6. The maximum atomic E-state index is 5.19. The third-order valence-electron chi connectivity index (χ3n) is 2.56. The Bertz CT molecular complexity index is 199. The van der Waals surface area contributed by atoms with Gasteiger partial charge in [0, 0.05) is 25.1 Å². The summed E-state index contributed by atoms with van der Waals surface area (Å²) in [6.45, 7) is 6.25. The summed E-state index contributed by atoms with van der Waals surface area (Å²) in [6, 6.07) is 0.491. The largest absolute Gasteiger partial charge is 0.382 e. The van der Waals surface area contributed by atoms with E-state index in [0.29, 0.717) is 11.3 Å². The molecule has 0 N–H and O–H groups in total. The van der Waals surface area contributed by atoms with E-state index in [1.54, 1.807) is 7.11 Å². The number of methoxy groups -OCH3 is 1. The molecule has 0 aromatic rings. The molecule has 1 aliphatic heterocycles. The lowest BCUT2D eigenvalue weighted by Gasteiger charge is -2.20. The normalized spacial score (nSPS) is 23.9. The maximum Gasteiger partial charge on any atom is 0.0704 e. The van der Waals surface area contributed by atoms with Gasteiger partial charge >= 0.3 is 0 Å². The minimum Gasteiger partial charge on any atom is -0.382 e. The highest BCUT2D eigenvalue weighted by molar-refractivity contribution is 8.00. The van der Waals surface area contributed by atoms with Crippen LogP contribution < -0.4 is 0 Å². The zero-order chi connectivity index (χ0) is 11.1. The molecule has 1 rings (SSSR count). The Morgan fingerprint density at radius 1 is 1.67 bits per heavy atom. The Morgan fingerprint density at radius 3 is 3.13 bits per heavy atom. The molecule has 0 unspecified atom stereocenters. The van der Waals surface area contributed by atoms with E-state index in [-0.39, 0.29) is 0 Å². The van der Waals surface area contributed by atoms with Gasteiger partial charge in [-0.05, 0) is 25.5 Å². The lowest BCUT2D eigenvalue weighted by Crippen LogP contribution is -2.28. The van der Waals surface area contributed by atoms with Crippen LogP contribution >= 0.6 is 11.8 Å². The molecule has 4 heteroatoms. The van der Waals surface area contributed by atoms with E-state index in [0.717, 1.165) is 18.9 Å². The maximum absolute atomic E-state index is 5.19. The van der Waals surface area contributed by atoms with Crippen LogP contribution in [0.3, 0.4) is 0 Å². The minimum absolute atomic E-state index is 0.491. The van der Waals surface area contributed by atoms with Gasteiger partial charge in [0.25, 0.3) is 0 Å². The molecule has 0 amide bonds. The Balaban J connectivity index is 2.35. The molecule has 1 heterocycles. The highest BCUT2D eigenvalue weighted by Gasteiger charge is 2.22. The molecule has 0 saturated carbocycles. The van der Waals surface area contributed by atoms with Crippen molar-refractivity contribution in [2.45, 2.75) is 38.0 Å². The SMILES string of the molecule is CCS[C@@H](C)/C=N/N1CCC[C@H]1COC. The van der Waals surface area contributed by atoms with Gasteiger partial charge < -0.3 is 4.74 Å². The van der Waals surface area contributed by atoms with Gasteiger partial charge in [-0.3, -0.25) is 5.01 Å². The van der Waals surface area contributed by atoms with Crippen molar-refractivity contribution >= 4 is 18.0 Å². The Kier molecular flexibility index (Phi) is 6.10. The Hall–Kier alpha value is -0.220. The van der Waals surface area contributed by atoms with Gasteiger partial charge in [0.05, 0.1) is 12.6 Å². The summed E-state index contributed by atoms with van der Waals surface area (Å²) in [7, 11) is 1.76. The van der Waals surface area contributed by atoms with Crippen LogP contribution in [0, 0.1) is 0 Å². The van der Waals surface area contributed by atoms with E-state index >= 15 is 0 Å². The molecule has 0 aromatic heterocycles. The summed E-state index contributed by atoms with van der Waals surface area (Å²) in [4.78, 5) is 0. The highest BCUT2D eigenvalue weighted by atomic mass is 32.2. The molecule has 3 nitrogen and oxygen atoms in total. The van der Waals surface area contributed by atoms with Crippen molar-refractivity contribution < 1.29 is 4.74 Å². The number of nitrogens with zero attached hydrogens (tertiary/aromatic N) is 2. The van der Waals surface area contributed by atoms with E-state index in [1.165, 1.54) is 12.8 Å². The van der Waals surface area contributed by atoms with Gasteiger partial charge in [0.2, 0.25) is 0 Å². The third kappa shape index (κ3) is 4.43. The molecular weight excluding hydrogens is 208 g/mol. The van der Waals surface area contributed by atoms with Crippen LogP contribution in [0.25, 0.3) is 0 Å². The molecule has 0 aromatic carbocycles. The molecule has 88 valence electrons. The predicted molar refractivity (Wildman–Crippen MR) is 67.7 cm³/mol. The summed E-state index contributed by atoms with van der Waals surface area (Å²) < 4.78 is 5.19. The molecule has 15 heavy (non-hydrogen) atoms. The van der Waals surface area contributed by atoms with Gasteiger partial charge in [0.15, 0.2) is 0 Å². The number of hydrogen-bond donors (Lipinski definition) is 0. The second-order valence-electron chi connectivity index (χ2n) is 3.84. The number of hydrazone groups is 1. The first kappa shape index (κ1) is 12.8. The smallest absolute Gasteiger partial charge is 0.0704 e. The zero-order valence-corrected chi connectivity index (χ0v) is 10.8. The first-order valence-electron chi connectivity index (χ1n) is 5.69. The van der Waals surface area contributed by atoms with E-state index in [9.17, 15) is 0 Å². The lowest BCUT2D eigenvalue weighted by molar-refractivity contribution is 0.118. The monoisotopic (exact) mass is 230 g/mol. The molecule has 1 fully saturated rings. The molecule has 1 aliphatic rings. The number of thioether (sulfide) groups is 1. The van der Waals surface area contributed by atoms with Gasteiger partial charge in [-0.1, -0.05) is 6.92 Å². The van der Waals surface area contributed by atoms with Crippen LogP contribution in [-0.4, -0.2) is 48.5 Å². The first-order chi connectivity index (χ1) is 7.27. The zero-order valence-electron chi connectivity index (χ0n) is 9.98. The van der Waals surface area contributed by atoms with Crippen LogP contribution in [0.2, 0.25) is 0 Å². The Labute approximate surface area is 97.2 Å². The standard InChI is InChI=1S/C11H22N2OS/c1-4-15-10(2)8-12-13-7-5-6-11(13)9-14-3/h8,10-11H,4-7,9H2,1-3H3/b12-8+/t10-,11-/m0/s1. The number of hydrogen-bond acceptors (Lipinski definition) is 4. The van der Waals surface area contributed by atoms with E-state index in [2.05, 4.69) is 30.2 Å². The molecule has 1 saturated heterocycles. The van der Waals surface area contributed by atoms with Crippen LogP contribution in [0.1, 0.15) is 26.7 Å². The van der Waals surface area contributed by atoms with Crippen LogP contribution in [-0.2, 0) is 4.74 Å². The third-order valence-corrected chi connectivity index (χ3v) is 3.54. The minimum atomic E-state index is 0.491. The topological polar surface area (TPSA) is 24.8 Å². The van der Waals surface area contributed by atoms with Crippen molar-refractivity contribution in [1.29, 1.82) is 0 Å². The second kappa shape index (κ2) is 7.12. The van der Waals surface area contributed by atoms with Crippen molar-refractivity contribution in [2.24, 2.45) is 5.10 Å². The number of ether oxygens (including phenoxy) is 1. The highest BCUT2D eigenvalue weighted by Crippen LogP contribution is 2.17. The van der Waals surface area contributed by atoms with E-state index in [1.807, 2.05) is 11.8 Å². The van der Waals surface area contributed by atoms with E-state index in [4.69, 9.17) is 4.74 Å². The molecule has 0 spiro atoms. The molecule has 0 bridgehead atoms. The van der Waals surface area contributed by atoms with Crippen molar-refractivity contribution in [3.8, 4) is 0 Å². The van der Waals surface area contributed by atoms with Crippen molar-refractivity contribution in [1.82, 2.24) is 5.01 Å². The average molecular weight is 230 g/mol. The first-order valence-corrected chi connectivity index (χ1v) is 6.74. The average Bonchev–Trinajstić information content (AvgIpc) is 2.64. The molecule has 2 atom stereocenters. The summed E-state index contributed by atoms with van der Waals surface area (Å²) in [6.07, 6.45) is 4.50. The molecule has 0 aliphatic carbocycles. The Morgan fingerprint density at radius 2 is 2.47 bits per heavy atom. The van der Waals surface area contributed by atoms with Gasteiger partial charge in [-0.25, -0.2) is 0 Å². The van der Waals surface area contributed by atoms with E-state index < -0.39 is 0 Å². The van der Waals surface area contributed by atoms with Gasteiger partial charge in [-0.2, -0.15) is 16.9 Å². The summed E-state index contributed by atoms with van der Waals surface area (Å²) in [5, 5.41) is 7.24. The van der Waals surface area contributed by atoms with Gasteiger partial charge in [-0.15, -0.1) is 0 Å². The summed E-state index contributed by atoms with van der Waals surface area (Å²) >= 11 is 1.92. The van der Waals surface area contributed by atoms with Crippen LogP contribution in [0.15, 0.2) is 5.10 Å². The second-order valence-corrected chi connectivity index (χ2v) is 5.49. The fourth-order valence-corrected chi connectivity index (χ4v) is 2.49. The summed E-state index contributed by atoms with van der Waals surface area (Å²) in [5.41, 5.74) is 0. The molecular formula is C11H22N2OS. The molecule has 0 radical (unpaired) electrons. The fraction of sp³-hybridized carbons (Fsp3) is 0.909. The quantitative estimate of drug-likeness (QED) is 0.654. The van der Waals surface area contributed by atoms with Crippen LogP contribution in [0.4, 0.5) is 0 Å². The van der Waals surface area contributed by atoms with Gasteiger partial charge in [0.1, 0.15) is 0 Å². The van der Waals surface area contributed by atoms with Crippen molar-refractivity contribution in [3.05, 3.63) is 0 Å². The fourth-order valence-electron chi connectivity index (χ4n) is 1.82. The summed E-state index contributed by atoms with van der Waals surface area (Å²) in [5.74, 6) is 1.15. The van der Waals surface area contributed by atoms with Crippen molar-refractivity contribution in [3.63, 3.8) is 0 Å².